The van der Waals surface area contributed by atoms with Crippen LogP contribution in [-0.2, 0) is 9.53 Å². The maximum atomic E-state index is 13.4. The monoisotopic (exact) mass is 416 g/mol. The second-order valence-corrected chi connectivity index (χ2v) is 8.77. The van der Waals surface area contributed by atoms with Crippen LogP contribution in [0.1, 0.15) is 25.5 Å². The lowest BCUT2D eigenvalue weighted by Gasteiger charge is -2.35. The summed E-state index contributed by atoms with van der Waals surface area (Å²) >= 11 is 1.59. The normalized spacial score (nSPS) is 17.1. The van der Waals surface area contributed by atoms with Crippen molar-refractivity contribution in [3.8, 4) is 0 Å². The van der Waals surface area contributed by atoms with E-state index in [0.29, 0.717) is 19.8 Å². The minimum absolute atomic E-state index is 0.00186. The molecule has 1 fully saturated rings. The third kappa shape index (κ3) is 6.29. The lowest BCUT2D eigenvalue weighted by atomic mass is 10.0. The third-order valence-corrected chi connectivity index (χ3v) is 6.64. The standard InChI is InChI=1S/C23H29FN2O2S/c1-17(2)22(29-20-6-4-3-5-7-20)23(27)25-16-21(26-12-14-28-15-13-26)18-8-10-19(24)11-9-18/h3-11,17,21-22H,12-16H2,1-2H3,(H,25,27)/t21-,22-/m1/s1. The van der Waals surface area contributed by atoms with Gasteiger partial charge in [-0.15, -0.1) is 11.8 Å². The van der Waals surface area contributed by atoms with Gasteiger partial charge in [-0.3, -0.25) is 9.69 Å². The fourth-order valence-electron chi connectivity index (χ4n) is 3.47. The molecule has 0 unspecified atom stereocenters. The van der Waals surface area contributed by atoms with E-state index in [1.165, 1.54) is 12.1 Å². The van der Waals surface area contributed by atoms with E-state index in [1.54, 1.807) is 23.9 Å². The van der Waals surface area contributed by atoms with E-state index < -0.39 is 0 Å². The van der Waals surface area contributed by atoms with Gasteiger partial charge in [0, 0.05) is 24.5 Å². The summed E-state index contributed by atoms with van der Waals surface area (Å²) in [4.78, 5) is 16.4. The molecule has 6 heteroatoms. The number of ether oxygens (including phenoxy) is 1. The maximum absolute atomic E-state index is 13.4. The molecule has 2 aromatic rings. The average molecular weight is 417 g/mol. The van der Waals surface area contributed by atoms with Crippen LogP contribution in [0.25, 0.3) is 0 Å². The van der Waals surface area contributed by atoms with E-state index in [4.69, 9.17) is 4.74 Å². The first-order valence-corrected chi connectivity index (χ1v) is 11.0. The average Bonchev–Trinajstić information content (AvgIpc) is 2.74. The summed E-state index contributed by atoms with van der Waals surface area (Å²) in [5.41, 5.74) is 1.01. The van der Waals surface area contributed by atoms with E-state index in [-0.39, 0.29) is 28.9 Å². The smallest absolute Gasteiger partial charge is 0.233 e. The van der Waals surface area contributed by atoms with Gasteiger partial charge in [0.05, 0.1) is 24.5 Å². The van der Waals surface area contributed by atoms with Crippen molar-refractivity contribution in [1.29, 1.82) is 0 Å². The highest BCUT2D eigenvalue weighted by Crippen LogP contribution is 2.28. The molecule has 4 nitrogen and oxygen atoms in total. The molecule has 1 amide bonds. The lowest BCUT2D eigenvalue weighted by molar-refractivity contribution is -0.121. The molecule has 3 rings (SSSR count). The Labute approximate surface area is 176 Å². The van der Waals surface area contributed by atoms with Crippen molar-refractivity contribution in [3.63, 3.8) is 0 Å². The molecule has 2 atom stereocenters. The molecule has 0 spiro atoms. The van der Waals surface area contributed by atoms with Crippen LogP contribution in [0.5, 0.6) is 0 Å². The van der Waals surface area contributed by atoms with Crippen LogP contribution in [0.15, 0.2) is 59.5 Å². The van der Waals surface area contributed by atoms with Crippen molar-refractivity contribution in [2.24, 2.45) is 5.92 Å². The molecule has 1 heterocycles. The summed E-state index contributed by atoms with van der Waals surface area (Å²) in [6, 6.07) is 16.6. The molecule has 0 aromatic heterocycles. The molecular weight excluding hydrogens is 387 g/mol. The second kappa shape index (κ2) is 10.8. The van der Waals surface area contributed by atoms with Gasteiger partial charge < -0.3 is 10.1 Å². The Morgan fingerprint density at radius 1 is 1.10 bits per heavy atom. The van der Waals surface area contributed by atoms with Crippen LogP contribution >= 0.6 is 11.8 Å². The van der Waals surface area contributed by atoms with Gasteiger partial charge in [-0.05, 0) is 35.7 Å². The Hall–Kier alpha value is -1.89. The second-order valence-electron chi connectivity index (χ2n) is 7.56. The first kappa shape index (κ1) is 21.8. The fraction of sp³-hybridized carbons (Fsp3) is 0.435. The summed E-state index contributed by atoms with van der Waals surface area (Å²) in [7, 11) is 0. The van der Waals surface area contributed by atoms with Gasteiger partial charge in [-0.1, -0.05) is 44.2 Å². The molecule has 0 saturated carbocycles. The van der Waals surface area contributed by atoms with Gasteiger partial charge in [-0.25, -0.2) is 4.39 Å². The summed E-state index contributed by atoms with van der Waals surface area (Å²) < 4.78 is 18.9. The van der Waals surface area contributed by atoms with Crippen molar-refractivity contribution in [3.05, 3.63) is 66.0 Å². The zero-order valence-corrected chi connectivity index (χ0v) is 17.8. The lowest BCUT2D eigenvalue weighted by Crippen LogP contribution is -2.45. The molecule has 2 aromatic carbocycles. The third-order valence-electron chi connectivity index (χ3n) is 5.08. The largest absolute Gasteiger partial charge is 0.379 e. The Morgan fingerprint density at radius 2 is 1.76 bits per heavy atom. The molecule has 0 aliphatic carbocycles. The summed E-state index contributed by atoms with van der Waals surface area (Å²) in [6.07, 6.45) is 0. The van der Waals surface area contributed by atoms with Crippen molar-refractivity contribution in [2.75, 3.05) is 32.8 Å². The maximum Gasteiger partial charge on any atom is 0.233 e. The molecule has 0 radical (unpaired) electrons. The minimum atomic E-state index is -0.252. The number of carbonyl (C=O) groups is 1. The van der Waals surface area contributed by atoms with Crippen LogP contribution in [0.3, 0.4) is 0 Å². The summed E-state index contributed by atoms with van der Waals surface area (Å²) in [5, 5.41) is 2.99. The highest BCUT2D eigenvalue weighted by atomic mass is 32.2. The molecule has 1 aliphatic rings. The number of thioether (sulfide) groups is 1. The van der Waals surface area contributed by atoms with Crippen LogP contribution in [-0.4, -0.2) is 48.9 Å². The molecule has 1 N–H and O–H groups in total. The van der Waals surface area contributed by atoms with Crippen LogP contribution in [0, 0.1) is 11.7 Å². The van der Waals surface area contributed by atoms with Crippen LogP contribution in [0.2, 0.25) is 0 Å². The van der Waals surface area contributed by atoms with Gasteiger partial charge in [0.2, 0.25) is 5.91 Å². The fourth-order valence-corrected chi connectivity index (χ4v) is 4.54. The Morgan fingerprint density at radius 3 is 2.38 bits per heavy atom. The molecular formula is C23H29FN2O2S. The number of carbonyl (C=O) groups excluding carboxylic acids is 1. The van der Waals surface area contributed by atoms with Crippen molar-refractivity contribution >= 4 is 17.7 Å². The van der Waals surface area contributed by atoms with E-state index in [9.17, 15) is 9.18 Å². The number of amides is 1. The van der Waals surface area contributed by atoms with Crippen molar-refractivity contribution in [2.45, 2.75) is 30.0 Å². The highest BCUT2D eigenvalue weighted by Gasteiger charge is 2.27. The predicted octanol–water partition coefficient (Wildman–Crippen LogP) is 4.13. The predicted molar refractivity (Wildman–Crippen MR) is 115 cm³/mol. The summed E-state index contributed by atoms with van der Waals surface area (Å²) in [5.74, 6) is -0.0141. The van der Waals surface area contributed by atoms with E-state index >= 15 is 0 Å². The highest BCUT2D eigenvalue weighted by molar-refractivity contribution is 8.00. The summed E-state index contributed by atoms with van der Waals surface area (Å²) in [6.45, 7) is 7.56. The Kier molecular flexibility index (Phi) is 8.09. The van der Waals surface area contributed by atoms with Crippen LogP contribution < -0.4 is 5.32 Å². The van der Waals surface area contributed by atoms with Crippen molar-refractivity contribution in [1.82, 2.24) is 10.2 Å². The van der Waals surface area contributed by atoms with E-state index in [0.717, 1.165) is 23.5 Å². The topological polar surface area (TPSA) is 41.6 Å². The SMILES string of the molecule is CC(C)[C@@H](Sc1ccccc1)C(=O)NC[C@H](c1ccc(F)cc1)N1CCOCC1. The first-order valence-electron chi connectivity index (χ1n) is 10.1. The number of halogens is 1. The zero-order chi connectivity index (χ0) is 20.6. The quantitative estimate of drug-likeness (QED) is 0.657. The van der Waals surface area contributed by atoms with Gasteiger partial charge in [0.15, 0.2) is 0 Å². The number of nitrogens with one attached hydrogen (secondary N) is 1. The molecule has 0 bridgehead atoms. The molecule has 1 aliphatic heterocycles. The number of benzene rings is 2. The van der Waals surface area contributed by atoms with Gasteiger partial charge >= 0.3 is 0 Å². The van der Waals surface area contributed by atoms with E-state index in [1.807, 2.05) is 30.3 Å². The first-order chi connectivity index (χ1) is 14.0. The molecule has 1 saturated heterocycles. The molecule has 29 heavy (non-hydrogen) atoms. The van der Waals surface area contributed by atoms with Gasteiger partial charge in [0.25, 0.3) is 0 Å². The van der Waals surface area contributed by atoms with Crippen LogP contribution in [0.4, 0.5) is 4.39 Å². The Balaban J connectivity index is 1.69. The van der Waals surface area contributed by atoms with Gasteiger partial charge in [0.1, 0.15) is 5.82 Å². The number of hydrogen-bond donors (Lipinski definition) is 1. The Bertz CT molecular complexity index is 764. The number of morpholine rings is 1. The number of rotatable bonds is 8. The number of hydrogen-bond acceptors (Lipinski definition) is 4. The number of nitrogens with zero attached hydrogens (tertiary/aromatic N) is 1. The van der Waals surface area contributed by atoms with E-state index in [2.05, 4.69) is 24.1 Å². The van der Waals surface area contributed by atoms with Crippen molar-refractivity contribution < 1.29 is 13.9 Å². The zero-order valence-electron chi connectivity index (χ0n) is 17.0. The minimum Gasteiger partial charge on any atom is -0.379 e. The van der Waals surface area contributed by atoms with Gasteiger partial charge in [-0.2, -0.15) is 0 Å². The molecule has 156 valence electrons.